The molecule has 3 N–H and O–H groups in total. The van der Waals surface area contributed by atoms with Gasteiger partial charge >= 0.3 is 0 Å². The molecule has 0 saturated carbocycles. The maximum atomic E-state index is 12.4. The lowest BCUT2D eigenvalue weighted by Crippen LogP contribution is -2.14. The van der Waals surface area contributed by atoms with Crippen LogP contribution in [-0.2, 0) is 48.2 Å². The molecule has 0 aliphatic carbocycles. The number of aromatic nitrogens is 4. The molecule has 1 amide bonds. The molecule has 2 aromatic carbocycles. The molecule has 0 fully saturated rings. The number of nitrogens with one attached hydrogen (secondary N) is 1. The SMILES string of the molecule is NCc1cccc(CC(=O)Cc2nnc(CCCCc3nnc(NC(=O)Cc4ccccc4)s3)s2)c1. The number of nitrogens with two attached hydrogens (primary N) is 1. The molecular weight excluding hydrogens is 492 g/mol. The van der Waals surface area contributed by atoms with E-state index in [1.54, 1.807) is 0 Å². The summed E-state index contributed by atoms with van der Waals surface area (Å²) in [5, 5.41) is 22.7. The van der Waals surface area contributed by atoms with E-state index in [4.69, 9.17) is 5.73 Å². The van der Waals surface area contributed by atoms with Gasteiger partial charge in [0.2, 0.25) is 11.0 Å². The van der Waals surface area contributed by atoms with Gasteiger partial charge in [0.25, 0.3) is 0 Å². The summed E-state index contributed by atoms with van der Waals surface area (Å²) in [6, 6.07) is 17.4. The number of rotatable bonds is 13. The van der Waals surface area contributed by atoms with Gasteiger partial charge < -0.3 is 11.1 Å². The number of Topliss-reactive ketones (excluding diaryl/α,β-unsaturated/α-hetero) is 1. The molecule has 0 bridgehead atoms. The second-order valence-corrected chi connectivity index (χ2v) is 10.6. The minimum absolute atomic E-state index is 0.0986. The Kier molecular flexibility index (Phi) is 9.37. The van der Waals surface area contributed by atoms with E-state index in [2.05, 4.69) is 25.7 Å². The van der Waals surface area contributed by atoms with Crippen molar-refractivity contribution in [1.29, 1.82) is 0 Å². The number of ketones is 1. The van der Waals surface area contributed by atoms with E-state index in [1.807, 2.05) is 54.6 Å². The van der Waals surface area contributed by atoms with Crippen LogP contribution in [-0.4, -0.2) is 32.1 Å². The molecule has 2 aromatic heterocycles. The van der Waals surface area contributed by atoms with Crippen molar-refractivity contribution < 1.29 is 9.59 Å². The summed E-state index contributed by atoms with van der Waals surface area (Å²) in [6.07, 6.45) is 4.45. The Balaban J connectivity index is 1.15. The van der Waals surface area contributed by atoms with Crippen molar-refractivity contribution >= 4 is 39.5 Å². The number of hydrogen-bond acceptors (Lipinski definition) is 9. The van der Waals surface area contributed by atoms with E-state index >= 15 is 0 Å². The number of aryl methyl sites for hydroxylation is 2. The minimum Gasteiger partial charge on any atom is -0.326 e. The molecule has 0 aliphatic rings. The van der Waals surface area contributed by atoms with Gasteiger partial charge in [-0.3, -0.25) is 9.59 Å². The molecule has 186 valence electrons. The average molecular weight is 521 g/mol. The number of carbonyl (C=O) groups excluding carboxylic acids is 2. The van der Waals surface area contributed by atoms with E-state index in [9.17, 15) is 9.59 Å². The highest BCUT2D eigenvalue weighted by molar-refractivity contribution is 7.15. The largest absolute Gasteiger partial charge is 0.326 e. The first-order valence-corrected chi connectivity index (χ1v) is 13.5. The average Bonchev–Trinajstić information content (AvgIpc) is 3.51. The first-order chi connectivity index (χ1) is 17.6. The number of nitrogens with zero attached hydrogens (tertiary/aromatic N) is 4. The van der Waals surface area contributed by atoms with Crippen LogP contribution in [0.3, 0.4) is 0 Å². The van der Waals surface area contributed by atoms with Gasteiger partial charge in [-0.15, -0.1) is 31.7 Å². The van der Waals surface area contributed by atoms with Crippen LogP contribution in [0.25, 0.3) is 0 Å². The molecule has 10 heteroatoms. The number of unbranched alkanes of at least 4 members (excludes halogenated alkanes) is 1. The highest BCUT2D eigenvalue weighted by Gasteiger charge is 2.12. The third-order valence-electron chi connectivity index (χ3n) is 5.44. The lowest BCUT2D eigenvalue weighted by atomic mass is 10.0. The van der Waals surface area contributed by atoms with Gasteiger partial charge in [-0.25, -0.2) is 0 Å². The second kappa shape index (κ2) is 13.1. The maximum Gasteiger partial charge on any atom is 0.230 e. The summed E-state index contributed by atoms with van der Waals surface area (Å²) >= 11 is 2.91. The van der Waals surface area contributed by atoms with Crippen molar-refractivity contribution in [2.75, 3.05) is 5.32 Å². The van der Waals surface area contributed by atoms with Crippen molar-refractivity contribution in [3.8, 4) is 0 Å². The molecule has 36 heavy (non-hydrogen) atoms. The summed E-state index contributed by atoms with van der Waals surface area (Å²) < 4.78 is 0. The van der Waals surface area contributed by atoms with E-state index in [1.165, 1.54) is 22.7 Å². The van der Waals surface area contributed by atoms with Crippen LogP contribution in [0, 0.1) is 0 Å². The Morgan fingerprint density at radius 1 is 0.722 bits per heavy atom. The monoisotopic (exact) mass is 520 g/mol. The van der Waals surface area contributed by atoms with E-state index in [-0.39, 0.29) is 11.7 Å². The zero-order valence-corrected chi connectivity index (χ0v) is 21.5. The lowest BCUT2D eigenvalue weighted by molar-refractivity contribution is -0.118. The third-order valence-corrected chi connectivity index (χ3v) is 7.32. The molecule has 0 atom stereocenters. The molecule has 0 aliphatic heterocycles. The van der Waals surface area contributed by atoms with Crippen LogP contribution in [0.4, 0.5) is 5.13 Å². The molecule has 2 heterocycles. The van der Waals surface area contributed by atoms with Crippen LogP contribution in [0.1, 0.15) is 44.6 Å². The normalized spacial score (nSPS) is 10.9. The Bertz CT molecular complexity index is 1290. The number of benzene rings is 2. The second-order valence-electron chi connectivity index (χ2n) is 8.42. The third kappa shape index (κ3) is 8.11. The maximum absolute atomic E-state index is 12.4. The van der Waals surface area contributed by atoms with Gasteiger partial charge in [0.05, 0.1) is 12.8 Å². The van der Waals surface area contributed by atoms with Crippen molar-refractivity contribution in [2.45, 2.75) is 51.5 Å². The summed E-state index contributed by atoms with van der Waals surface area (Å²) in [4.78, 5) is 24.6. The first kappa shape index (κ1) is 25.7. The van der Waals surface area contributed by atoms with E-state index < -0.39 is 0 Å². The van der Waals surface area contributed by atoms with Crippen LogP contribution >= 0.6 is 22.7 Å². The van der Waals surface area contributed by atoms with Gasteiger partial charge in [-0.2, -0.15) is 0 Å². The summed E-state index contributed by atoms with van der Waals surface area (Å²) in [7, 11) is 0. The fourth-order valence-corrected chi connectivity index (χ4v) is 5.40. The molecule has 0 unspecified atom stereocenters. The van der Waals surface area contributed by atoms with Crippen LogP contribution in [0.15, 0.2) is 54.6 Å². The van der Waals surface area contributed by atoms with Crippen LogP contribution in [0.5, 0.6) is 0 Å². The molecule has 8 nitrogen and oxygen atoms in total. The highest BCUT2D eigenvalue weighted by atomic mass is 32.1. The number of hydrogen-bond donors (Lipinski definition) is 2. The molecule has 4 rings (SSSR count). The summed E-state index contributed by atoms with van der Waals surface area (Å²) in [5.41, 5.74) is 8.64. The minimum atomic E-state index is -0.0986. The Labute approximate surface area is 218 Å². The van der Waals surface area contributed by atoms with Crippen molar-refractivity contribution in [1.82, 2.24) is 20.4 Å². The van der Waals surface area contributed by atoms with Gasteiger partial charge in [-0.05, 0) is 29.5 Å². The topological polar surface area (TPSA) is 124 Å². The van der Waals surface area contributed by atoms with Crippen molar-refractivity contribution in [2.24, 2.45) is 5.73 Å². The highest BCUT2D eigenvalue weighted by Crippen LogP contribution is 2.19. The van der Waals surface area contributed by atoms with Gasteiger partial charge in [0.1, 0.15) is 20.8 Å². The predicted molar refractivity (Wildman–Crippen MR) is 142 cm³/mol. The number of amides is 1. The van der Waals surface area contributed by atoms with Crippen LogP contribution in [0.2, 0.25) is 0 Å². The first-order valence-electron chi connectivity index (χ1n) is 11.8. The van der Waals surface area contributed by atoms with Gasteiger partial charge in [-0.1, -0.05) is 65.9 Å². The molecule has 0 saturated heterocycles. The number of anilines is 1. The predicted octanol–water partition coefficient (Wildman–Crippen LogP) is 3.95. The lowest BCUT2D eigenvalue weighted by Gasteiger charge is -2.02. The number of carbonyl (C=O) groups is 2. The zero-order chi connectivity index (χ0) is 25.2. The van der Waals surface area contributed by atoms with E-state index in [0.29, 0.717) is 30.9 Å². The quantitative estimate of drug-likeness (QED) is 0.256. The molecule has 0 spiro atoms. The fourth-order valence-electron chi connectivity index (χ4n) is 3.69. The summed E-state index contributed by atoms with van der Waals surface area (Å²) in [6.45, 7) is 0.466. The van der Waals surface area contributed by atoms with E-state index in [0.717, 1.165) is 57.4 Å². The Morgan fingerprint density at radius 2 is 1.39 bits per heavy atom. The van der Waals surface area contributed by atoms with Crippen LogP contribution < -0.4 is 11.1 Å². The van der Waals surface area contributed by atoms with Crippen molar-refractivity contribution in [3.63, 3.8) is 0 Å². The standard InChI is InChI=1S/C26H28N6O2S2/c27-17-20-10-6-9-19(13-20)14-21(33)16-25-31-29-23(35-25)11-4-5-12-24-30-32-26(36-24)28-22(34)15-18-7-2-1-3-8-18/h1-3,6-10,13H,4-5,11-12,14-17,27H2,(H,28,32,34). The fraction of sp³-hybridized carbons (Fsp3) is 0.308. The zero-order valence-electron chi connectivity index (χ0n) is 19.9. The molecular formula is C26H28N6O2S2. The van der Waals surface area contributed by atoms with Crippen molar-refractivity contribution in [3.05, 3.63) is 86.3 Å². The summed E-state index contributed by atoms with van der Waals surface area (Å²) in [5.74, 6) is 0.0216. The molecule has 4 aromatic rings. The Morgan fingerprint density at radius 3 is 2.17 bits per heavy atom. The Hall–Kier alpha value is -3.34. The van der Waals surface area contributed by atoms with Gasteiger partial charge in [0, 0.05) is 25.8 Å². The van der Waals surface area contributed by atoms with Gasteiger partial charge in [0.15, 0.2) is 0 Å². The smallest absolute Gasteiger partial charge is 0.230 e. The molecule has 0 radical (unpaired) electrons.